The molecule has 0 aliphatic rings. The lowest BCUT2D eigenvalue weighted by atomic mass is 10.1. The molecule has 0 aliphatic heterocycles. The third-order valence-electron chi connectivity index (χ3n) is 3.63. The van der Waals surface area contributed by atoms with Crippen molar-refractivity contribution < 1.29 is 23.8 Å². The molecule has 0 heterocycles. The van der Waals surface area contributed by atoms with Crippen molar-refractivity contribution in [1.82, 2.24) is 10.7 Å². The number of amides is 2. The van der Waals surface area contributed by atoms with Crippen LogP contribution in [0.4, 0.5) is 0 Å². The van der Waals surface area contributed by atoms with E-state index in [4.69, 9.17) is 14.2 Å². The molecular weight excluding hydrogens is 430 g/mol. The molecule has 0 aliphatic carbocycles. The second-order valence-electron chi connectivity index (χ2n) is 5.41. The van der Waals surface area contributed by atoms with Gasteiger partial charge in [-0.2, -0.15) is 5.10 Å². The number of halogens is 1. The highest BCUT2D eigenvalue weighted by molar-refractivity contribution is 9.10. The largest absolute Gasteiger partial charge is 0.493 e. The van der Waals surface area contributed by atoms with E-state index < -0.39 is 11.8 Å². The fraction of sp³-hybridized carbons (Fsp3) is 0.211. The summed E-state index contributed by atoms with van der Waals surface area (Å²) in [6.45, 7) is -0.247. The molecule has 8 nitrogen and oxygen atoms in total. The maximum atomic E-state index is 12.3. The summed E-state index contributed by atoms with van der Waals surface area (Å²) >= 11 is 3.38. The van der Waals surface area contributed by atoms with E-state index in [1.807, 2.05) is 24.3 Å². The second-order valence-corrected chi connectivity index (χ2v) is 6.27. The summed E-state index contributed by atoms with van der Waals surface area (Å²) in [5.74, 6) is 0.123. The third-order valence-corrected chi connectivity index (χ3v) is 4.36. The summed E-state index contributed by atoms with van der Waals surface area (Å²) < 4.78 is 16.5. The van der Waals surface area contributed by atoms with Crippen LogP contribution in [0.2, 0.25) is 0 Å². The van der Waals surface area contributed by atoms with Gasteiger partial charge < -0.3 is 19.5 Å². The van der Waals surface area contributed by atoms with Crippen LogP contribution < -0.4 is 25.0 Å². The monoisotopic (exact) mass is 449 g/mol. The summed E-state index contributed by atoms with van der Waals surface area (Å²) in [5, 5.41) is 6.38. The number of nitrogens with zero attached hydrogens (tertiary/aromatic N) is 1. The molecule has 2 aromatic rings. The van der Waals surface area contributed by atoms with Gasteiger partial charge in [-0.3, -0.25) is 9.59 Å². The van der Waals surface area contributed by atoms with E-state index in [2.05, 4.69) is 31.8 Å². The van der Waals surface area contributed by atoms with Crippen molar-refractivity contribution in [2.24, 2.45) is 5.10 Å². The lowest BCUT2D eigenvalue weighted by Crippen LogP contribution is -2.35. The van der Waals surface area contributed by atoms with Gasteiger partial charge in [0.15, 0.2) is 11.5 Å². The van der Waals surface area contributed by atoms with E-state index in [9.17, 15) is 9.59 Å². The number of hydrogen-bond donors (Lipinski definition) is 2. The van der Waals surface area contributed by atoms with Crippen molar-refractivity contribution >= 4 is 34.0 Å². The van der Waals surface area contributed by atoms with Crippen molar-refractivity contribution in [3.63, 3.8) is 0 Å². The van der Waals surface area contributed by atoms with Crippen molar-refractivity contribution in [1.29, 1.82) is 0 Å². The molecule has 0 radical (unpaired) electrons. The number of rotatable bonds is 8. The van der Waals surface area contributed by atoms with Crippen molar-refractivity contribution in [2.45, 2.75) is 0 Å². The van der Waals surface area contributed by atoms with Crippen LogP contribution in [0, 0.1) is 0 Å². The summed E-state index contributed by atoms with van der Waals surface area (Å²) in [6.07, 6.45) is 1.50. The van der Waals surface area contributed by atoms with Gasteiger partial charge in [0.1, 0.15) is 0 Å². The van der Waals surface area contributed by atoms with E-state index in [-0.39, 0.29) is 12.1 Å². The molecule has 2 amide bonds. The van der Waals surface area contributed by atoms with Gasteiger partial charge in [0.2, 0.25) is 5.75 Å². The van der Waals surface area contributed by atoms with Crippen molar-refractivity contribution in [3.8, 4) is 17.2 Å². The summed E-state index contributed by atoms with van der Waals surface area (Å²) in [4.78, 5) is 24.2. The molecule has 9 heteroatoms. The van der Waals surface area contributed by atoms with Gasteiger partial charge in [0.05, 0.1) is 34.1 Å². The third kappa shape index (κ3) is 5.46. The maximum Gasteiger partial charge on any atom is 0.259 e. The Morgan fingerprint density at radius 1 is 1.07 bits per heavy atom. The summed E-state index contributed by atoms with van der Waals surface area (Å²) in [7, 11) is 4.38. The van der Waals surface area contributed by atoms with Crippen LogP contribution in [0.3, 0.4) is 0 Å². The number of carbonyl (C=O) groups is 2. The number of hydrazone groups is 1. The summed E-state index contributed by atoms with van der Waals surface area (Å²) in [5.41, 5.74) is 3.43. The Morgan fingerprint density at radius 3 is 2.29 bits per heavy atom. The Kier molecular flexibility index (Phi) is 7.82. The predicted octanol–water partition coefficient (Wildman–Crippen LogP) is 2.35. The molecule has 28 heavy (non-hydrogen) atoms. The second kappa shape index (κ2) is 10.3. The van der Waals surface area contributed by atoms with Crippen LogP contribution in [-0.4, -0.2) is 45.9 Å². The molecule has 0 bridgehead atoms. The molecule has 0 saturated carbocycles. The average molecular weight is 450 g/mol. The Hall–Kier alpha value is -3.07. The van der Waals surface area contributed by atoms with Crippen molar-refractivity contribution in [3.05, 3.63) is 52.0 Å². The fourth-order valence-electron chi connectivity index (χ4n) is 2.27. The molecule has 148 valence electrons. The molecule has 0 atom stereocenters. The van der Waals surface area contributed by atoms with Gasteiger partial charge in [-0.05, 0) is 18.2 Å². The van der Waals surface area contributed by atoms with E-state index in [1.54, 1.807) is 0 Å². The van der Waals surface area contributed by atoms with E-state index in [0.29, 0.717) is 17.2 Å². The average Bonchev–Trinajstić information content (AvgIpc) is 2.72. The molecule has 2 aromatic carbocycles. The maximum absolute atomic E-state index is 12.3. The van der Waals surface area contributed by atoms with Crippen LogP contribution in [0.25, 0.3) is 0 Å². The Labute approximate surface area is 171 Å². The minimum absolute atomic E-state index is 0.247. The number of ether oxygens (including phenoxy) is 3. The number of benzene rings is 2. The molecule has 2 N–H and O–H groups in total. The minimum Gasteiger partial charge on any atom is -0.493 e. The Bertz CT molecular complexity index is 861. The zero-order valence-electron chi connectivity index (χ0n) is 15.6. The van der Waals surface area contributed by atoms with Crippen LogP contribution in [0.15, 0.2) is 46.0 Å². The first-order valence-electron chi connectivity index (χ1n) is 8.14. The highest BCUT2D eigenvalue weighted by Gasteiger charge is 2.17. The highest BCUT2D eigenvalue weighted by atomic mass is 79.9. The molecule has 0 saturated heterocycles. The smallest absolute Gasteiger partial charge is 0.259 e. The van der Waals surface area contributed by atoms with Crippen LogP contribution in [-0.2, 0) is 4.79 Å². The molecule has 0 fully saturated rings. The first-order valence-corrected chi connectivity index (χ1v) is 8.94. The normalized spacial score (nSPS) is 10.4. The van der Waals surface area contributed by atoms with Gasteiger partial charge in [0.25, 0.3) is 11.8 Å². The molecule has 0 spiro atoms. The first kappa shape index (κ1) is 21.2. The number of nitrogens with one attached hydrogen (secondary N) is 2. The fourth-order valence-corrected chi connectivity index (χ4v) is 2.66. The zero-order chi connectivity index (χ0) is 20.5. The van der Waals surface area contributed by atoms with Gasteiger partial charge in [0, 0.05) is 15.6 Å². The van der Waals surface area contributed by atoms with Gasteiger partial charge in [-0.25, -0.2) is 5.43 Å². The Balaban J connectivity index is 1.96. The van der Waals surface area contributed by atoms with E-state index in [1.165, 1.54) is 39.7 Å². The quantitative estimate of drug-likeness (QED) is 0.476. The van der Waals surface area contributed by atoms with Gasteiger partial charge >= 0.3 is 0 Å². The Morgan fingerprint density at radius 2 is 1.71 bits per heavy atom. The summed E-state index contributed by atoms with van der Waals surface area (Å²) in [6, 6.07) is 10.4. The van der Waals surface area contributed by atoms with Crippen LogP contribution >= 0.6 is 15.9 Å². The lowest BCUT2D eigenvalue weighted by molar-refractivity contribution is -0.120. The van der Waals surface area contributed by atoms with Gasteiger partial charge in [-0.1, -0.05) is 34.1 Å². The number of methoxy groups -OCH3 is 3. The molecule has 0 unspecified atom stereocenters. The molecule has 0 aromatic heterocycles. The lowest BCUT2D eigenvalue weighted by Gasteiger charge is -2.14. The standard InChI is InChI=1S/C19H20BrN3O5/c1-26-15-8-13(9-16(27-2)18(15)28-3)19(25)21-11-17(24)23-22-10-12-6-4-5-7-14(12)20/h4-10H,11H2,1-3H3,(H,21,25)(H,23,24)/b22-10+. The minimum atomic E-state index is -0.468. The molecular formula is C19H20BrN3O5. The van der Waals surface area contributed by atoms with Crippen LogP contribution in [0.1, 0.15) is 15.9 Å². The number of hydrogen-bond acceptors (Lipinski definition) is 6. The number of carbonyl (C=O) groups excluding carboxylic acids is 2. The highest BCUT2D eigenvalue weighted by Crippen LogP contribution is 2.38. The molecule has 2 rings (SSSR count). The van der Waals surface area contributed by atoms with Gasteiger partial charge in [-0.15, -0.1) is 0 Å². The topological polar surface area (TPSA) is 98.2 Å². The van der Waals surface area contributed by atoms with E-state index in [0.717, 1.165) is 10.0 Å². The zero-order valence-corrected chi connectivity index (χ0v) is 17.2. The first-order chi connectivity index (χ1) is 13.5. The predicted molar refractivity (Wildman–Crippen MR) is 108 cm³/mol. The van der Waals surface area contributed by atoms with Crippen LogP contribution in [0.5, 0.6) is 17.2 Å². The SMILES string of the molecule is COc1cc(C(=O)NCC(=O)N/N=C/c2ccccc2Br)cc(OC)c1OC. The van der Waals surface area contributed by atoms with E-state index >= 15 is 0 Å². The van der Waals surface area contributed by atoms with Crippen molar-refractivity contribution in [2.75, 3.05) is 27.9 Å².